The van der Waals surface area contributed by atoms with Crippen molar-refractivity contribution in [1.82, 2.24) is 0 Å². The van der Waals surface area contributed by atoms with Gasteiger partial charge in [-0.2, -0.15) is 0 Å². The number of rotatable bonds is 2. The molecule has 0 bridgehead atoms. The SMILES string of the molecule is COc1cc2c(cc1[N+](=O)[O-])OC(C)(C)C=C2. The van der Waals surface area contributed by atoms with Gasteiger partial charge in [0, 0.05) is 5.56 Å². The molecule has 0 radical (unpaired) electrons. The summed E-state index contributed by atoms with van der Waals surface area (Å²) in [5.74, 6) is 0.742. The van der Waals surface area contributed by atoms with Gasteiger partial charge >= 0.3 is 5.69 Å². The first-order valence-corrected chi connectivity index (χ1v) is 5.17. The van der Waals surface area contributed by atoms with Gasteiger partial charge in [0.05, 0.1) is 18.1 Å². The maximum absolute atomic E-state index is 10.9. The van der Waals surface area contributed by atoms with Crippen LogP contribution in [0, 0.1) is 10.1 Å². The van der Waals surface area contributed by atoms with Crippen LogP contribution in [0.15, 0.2) is 18.2 Å². The number of ether oxygens (including phenoxy) is 2. The van der Waals surface area contributed by atoms with Crippen LogP contribution in [-0.2, 0) is 0 Å². The summed E-state index contributed by atoms with van der Waals surface area (Å²) in [6, 6.07) is 3.01. The van der Waals surface area contributed by atoms with Gasteiger partial charge in [0.15, 0.2) is 5.75 Å². The molecule has 1 aromatic carbocycles. The fourth-order valence-electron chi connectivity index (χ4n) is 1.70. The summed E-state index contributed by atoms with van der Waals surface area (Å²) >= 11 is 0. The molecule has 5 nitrogen and oxygen atoms in total. The number of nitrogens with zero attached hydrogens (tertiary/aromatic N) is 1. The van der Waals surface area contributed by atoms with Gasteiger partial charge in [-0.05, 0) is 26.0 Å². The third-order valence-electron chi connectivity index (χ3n) is 2.55. The minimum atomic E-state index is -0.478. The van der Waals surface area contributed by atoms with Gasteiger partial charge in [-0.3, -0.25) is 10.1 Å². The quantitative estimate of drug-likeness (QED) is 0.584. The largest absolute Gasteiger partial charge is 0.490 e. The lowest BCUT2D eigenvalue weighted by molar-refractivity contribution is -0.385. The molecule has 0 N–H and O–H groups in total. The Morgan fingerprint density at radius 1 is 1.41 bits per heavy atom. The van der Waals surface area contributed by atoms with Crippen molar-refractivity contribution >= 4 is 11.8 Å². The van der Waals surface area contributed by atoms with Gasteiger partial charge in [-0.25, -0.2) is 0 Å². The van der Waals surface area contributed by atoms with Crippen molar-refractivity contribution in [2.45, 2.75) is 19.4 Å². The molecule has 90 valence electrons. The minimum Gasteiger partial charge on any atom is -0.490 e. The summed E-state index contributed by atoms with van der Waals surface area (Å²) in [6.07, 6.45) is 3.78. The molecule has 2 rings (SSSR count). The third kappa shape index (κ3) is 2.08. The predicted octanol–water partition coefficient (Wildman–Crippen LogP) is 2.79. The van der Waals surface area contributed by atoms with Crippen LogP contribution in [0.5, 0.6) is 11.5 Å². The van der Waals surface area contributed by atoms with E-state index in [1.165, 1.54) is 13.2 Å². The van der Waals surface area contributed by atoms with Crippen molar-refractivity contribution in [2.24, 2.45) is 0 Å². The summed E-state index contributed by atoms with van der Waals surface area (Å²) in [5.41, 5.74) is 0.249. The molecule has 0 aliphatic carbocycles. The Bertz CT molecular complexity index is 505. The zero-order valence-corrected chi connectivity index (χ0v) is 9.89. The molecule has 1 aromatic rings. The van der Waals surface area contributed by atoms with Crippen LogP contribution < -0.4 is 9.47 Å². The second-order valence-corrected chi connectivity index (χ2v) is 4.36. The Morgan fingerprint density at radius 3 is 2.71 bits per heavy atom. The van der Waals surface area contributed by atoms with Crippen molar-refractivity contribution in [3.63, 3.8) is 0 Å². The van der Waals surface area contributed by atoms with E-state index < -0.39 is 10.5 Å². The Kier molecular flexibility index (Phi) is 2.53. The summed E-state index contributed by atoms with van der Waals surface area (Å²) in [5, 5.41) is 10.9. The second-order valence-electron chi connectivity index (χ2n) is 4.36. The van der Waals surface area contributed by atoms with Gasteiger partial charge in [0.25, 0.3) is 0 Å². The summed E-state index contributed by atoms with van der Waals surface area (Å²) in [4.78, 5) is 10.4. The number of benzene rings is 1. The van der Waals surface area contributed by atoms with E-state index in [9.17, 15) is 10.1 Å². The highest BCUT2D eigenvalue weighted by atomic mass is 16.6. The lowest BCUT2D eigenvalue weighted by atomic mass is 10.0. The number of nitro groups is 1. The molecule has 0 saturated heterocycles. The van der Waals surface area contributed by atoms with Crippen molar-refractivity contribution in [3.8, 4) is 11.5 Å². The molecular weight excluding hydrogens is 222 g/mol. The van der Waals surface area contributed by atoms with Crippen LogP contribution in [0.1, 0.15) is 19.4 Å². The van der Waals surface area contributed by atoms with Gasteiger partial charge < -0.3 is 9.47 Å². The fourth-order valence-corrected chi connectivity index (χ4v) is 1.70. The molecule has 0 aromatic heterocycles. The maximum atomic E-state index is 10.9. The molecule has 1 aliphatic rings. The van der Waals surface area contributed by atoms with Crippen LogP contribution in [0.25, 0.3) is 6.08 Å². The molecule has 1 heterocycles. The van der Waals surface area contributed by atoms with Crippen molar-refractivity contribution < 1.29 is 14.4 Å². The highest BCUT2D eigenvalue weighted by Gasteiger charge is 2.26. The number of methoxy groups -OCH3 is 1. The maximum Gasteiger partial charge on any atom is 0.314 e. The number of nitro benzene ring substituents is 1. The van der Waals surface area contributed by atoms with Crippen LogP contribution in [-0.4, -0.2) is 17.6 Å². The standard InChI is InChI=1S/C12H13NO4/c1-12(2)5-4-8-6-11(16-3)9(13(14)15)7-10(8)17-12/h4-7H,1-3H3. The zero-order valence-electron chi connectivity index (χ0n) is 9.89. The first kappa shape index (κ1) is 11.4. The Balaban J connectivity index is 2.55. The van der Waals surface area contributed by atoms with Gasteiger partial charge in [-0.15, -0.1) is 0 Å². The molecular formula is C12H13NO4. The second kappa shape index (κ2) is 3.76. The van der Waals surface area contributed by atoms with Crippen LogP contribution in [0.3, 0.4) is 0 Å². The van der Waals surface area contributed by atoms with Gasteiger partial charge in [0.2, 0.25) is 0 Å². The van der Waals surface area contributed by atoms with Gasteiger partial charge in [0.1, 0.15) is 11.4 Å². The van der Waals surface area contributed by atoms with Crippen molar-refractivity contribution in [1.29, 1.82) is 0 Å². The zero-order chi connectivity index (χ0) is 12.6. The minimum absolute atomic E-state index is 0.0858. The van der Waals surface area contributed by atoms with Crippen molar-refractivity contribution in [3.05, 3.63) is 33.9 Å². The average molecular weight is 235 g/mol. The van der Waals surface area contributed by atoms with E-state index in [4.69, 9.17) is 9.47 Å². The lowest BCUT2D eigenvalue weighted by Crippen LogP contribution is -2.27. The summed E-state index contributed by atoms with van der Waals surface area (Å²) in [7, 11) is 1.41. The van der Waals surface area contributed by atoms with Crippen LogP contribution in [0.2, 0.25) is 0 Å². The summed E-state index contributed by atoms with van der Waals surface area (Å²) in [6.45, 7) is 3.78. The van der Waals surface area contributed by atoms with Crippen LogP contribution >= 0.6 is 0 Å². The fraction of sp³-hybridized carbons (Fsp3) is 0.333. The normalized spacial score (nSPS) is 15.9. The first-order chi connectivity index (χ1) is 7.93. The van der Waals surface area contributed by atoms with E-state index in [0.29, 0.717) is 5.75 Å². The van der Waals surface area contributed by atoms with E-state index in [0.717, 1.165) is 5.56 Å². The Morgan fingerprint density at radius 2 is 2.12 bits per heavy atom. The topological polar surface area (TPSA) is 61.6 Å². The number of hydrogen-bond donors (Lipinski definition) is 0. The molecule has 5 heteroatoms. The van der Waals surface area contributed by atoms with Crippen LogP contribution in [0.4, 0.5) is 5.69 Å². The van der Waals surface area contributed by atoms with Gasteiger partial charge in [-0.1, -0.05) is 6.08 Å². The van der Waals surface area contributed by atoms with E-state index >= 15 is 0 Å². The molecule has 0 spiro atoms. The lowest BCUT2D eigenvalue weighted by Gasteiger charge is -2.27. The molecule has 0 saturated carbocycles. The molecule has 0 fully saturated rings. The van der Waals surface area contributed by atoms with E-state index in [1.807, 2.05) is 26.0 Å². The summed E-state index contributed by atoms with van der Waals surface area (Å²) < 4.78 is 10.7. The molecule has 0 unspecified atom stereocenters. The molecule has 17 heavy (non-hydrogen) atoms. The molecule has 1 aliphatic heterocycles. The monoisotopic (exact) mass is 235 g/mol. The Hall–Kier alpha value is -2.04. The Labute approximate surface area is 98.8 Å². The van der Waals surface area contributed by atoms with Crippen molar-refractivity contribution in [2.75, 3.05) is 7.11 Å². The molecule has 0 atom stereocenters. The van der Waals surface area contributed by atoms with E-state index in [1.54, 1.807) is 6.07 Å². The highest BCUT2D eigenvalue weighted by Crippen LogP contribution is 2.39. The number of fused-ring (bicyclic) bond motifs is 1. The molecule has 0 amide bonds. The smallest absolute Gasteiger partial charge is 0.314 e. The average Bonchev–Trinajstić information content (AvgIpc) is 2.26. The third-order valence-corrected chi connectivity index (χ3v) is 2.55. The van der Waals surface area contributed by atoms with E-state index in [-0.39, 0.29) is 11.4 Å². The predicted molar refractivity (Wildman–Crippen MR) is 63.4 cm³/mol. The highest BCUT2D eigenvalue weighted by molar-refractivity contribution is 5.67. The number of hydrogen-bond acceptors (Lipinski definition) is 4. The van der Waals surface area contributed by atoms with E-state index in [2.05, 4.69) is 0 Å². The first-order valence-electron chi connectivity index (χ1n) is 5.17.